The van der Waals surface area contributed by atoms with Crippen LogP contribution in [0.3, 0.4) is 0 Å². The normalized spacial score (nSPS) is 11.6. The Hall–Kier alpha value is -0.123. The van der Waals surface area contributed by atoms with Crippen LogP contribution in [0.15, 0.2) is 12.7 Å². The van der Waals surface area contributed by atoms with E-state index >= 15 is 0 Å². The summed E-state index contributed by atoms with van der Waals surface area (Å²) in [6.07, 6.45) is 4.17. The van der Waals surface area contributed by atoms with Gasteiger partial charge in [-0.3, -0.25) is 0 Å². The van der Waals surface area contributed by atoms with E-state index in [1.54, 1.807) is 0 Å². The van der Waals surface area contributed by atoms with E-state index in [9.17, 15) is 0 Å². The summed E-state index contributed by atoms with van der Waals surface area (Å²) in [4.78, 5) is 0. The number of hydrogen-bond acceptors (Lipinski definition) is 2. The quantitative estimate of drug-likeness (QED) is 0.334. The van der Waals surface area contributed by atoms with Crippen LogP contribution in [0.25, 0.3) is 0 Å². The van der Waals surface area contributed by atoms with Gasteiger partial charge in [0.25, 0.3) is 0 Å². The van der Waals surface area contributed by atoms with E-state index in [1.165, 1.54) is 0 Å². The van der Waals surface area contributed by atoms with Gasteiger partial charge in [0.1, 0.15) is 0 Å². The van der Waals surface area contributed by atoms with Gasteiger partial charge in [-0.15, -0.1) is 6.58 Å². The maximum atomic E-state index is 5.85. The fraction of sp³-hybridized carbons (Fsp3) is 0.818. The van der Waals surface area contributed by atoms with Crippen molar-refractivity contribution in [2.75, 3.05) is 13.2 Å². The molecule has 0 bridgehead atoms. The zero-order valence-electron chi connectivity index (χ0n) is 9.84. The topological polar surface area (TPSA) is 18.5 Å². The van der Waals surface area contributed by atoms with Crippen molar-refractivity contribution >= 4 is 8.56 Å². The van der Waals surface area contributed by atoms with Crippen LogP contribution in [0.2, 0.25) is 12.1 Å². The SMILES string of the molecule is C=CCCC[Si](CC)(OCC)OCC. The highest BCUT2D eigenvalue weighted by Gasteiger charge is 2.33. The summed E-state index contributed by atoms with van der Waals surface area (Å²) in [5.41, 5.74) is 0. The highest BCUT2D eigenvalue weighted by molar-refractivity contribution is 6.67. The van der Waals surface area contributed by atoms with Crippen molar-refractivity contribution in [3.05, 3.63) is 12.7 Å². The van der Waals surface area contributed by atoms with Gasteiger partial charge in [0.05, 0.1) is 0 Å². The van der Waals surface area contributed by atoms with Gasteiger partial charge in [0.15, 0.2) is 0 Å². The van der Waals surface area contributed by atoms with Crippen LogP contribution in [0.1, 0.15) is 33.6 Å². The summed E-state index contributed by atoms with van der Waals surface area (Å²) < 4.78 is 11.7. The molecule has 0 aliphatic rings. The molecule has 0 aromatic carbocycles. The molecule has 0 fully saturated rings. The fourth-order valence-corrected chi connectivity index (χ4v) is 4.54. The fourth-order valence-electron chi connectivity index (χ4n) is 1.61. The van der Waals surface area contributed by atoms with Crippen LogP contribution in [-0.2, 0) is 8.85 Å². The Morgan fingerprint density at radius 2 is 1.71 bits per heavy atom. The molecule has 0 unspecified atom stereocenters. The third-order valence-electron chi connectivity index (χ3n) is 2.32. The van der Waals surface area contributed by atoms with E-state index in [1.807, 2.05) is 19.9 Å². The maximum Gasteiger partial charge on any atom is 0.337 e. The highest BCUT2D eigenvalue weighted by atomic mass is 28.4. The first-order valence-electron chi connectivity index (χ1n) is 5.63. The molecule has 0 spiro atoms. The molecule has 14 heavy (non-hydrogen) atoms. The predicted molar refractivity (Wildman–Crippen MR) is 63.7 cm³/mol. The Morgan fingerprint density at radius 1 is 1.14 bits per heavy atom. The van der Waals surface area contributed by atoms with Crippen molar-refractivity contribution < 1.29 is 8.85 Å². The second-order valence-electron chi connectivity index (χ2n) is 3.31. The lowest BCUT2D eigenvalue weighted by molar-refractivity contribution is 0.183. The van der Waals surface area contributed by atoms with Gasteiger partial charge >= 0.3 is 8.56 Å². The number of hydrogen-bond donors (Lipinski definition) is 0. The van der Waals surface area contributed by atoms with Crippen LogP contribution < -0.4 is 0 Å². The first kappa shape index (κ1) is 13.9. The summed E-state index contributed by atoms with van der Waals surface area (Å²) in [6, 6.07) is 2.14. The molecular weight excluding hydrogens is 192 g/mol. The molecule has 0 rings (SSSR count). The molecule has 0 aromatic heterocycles. The van der Waals surface area contributed by atoms with Crippen LogP contribution in [0, 0.1) is 0 Å². The van der Waals surface area contributed by atoms with Gasteiger partial charge in [-0.05, 0) is 38.8 Å². The Kier molecular flexibility index (Phi) is 8.13. The first-order chi connectivity index (χ1) is 6.74. The predicted octanol–water partition coefficient (Wildman–Crippen LogP) is 3.49. The molecule has 0 amide bonds. The van der Waals surface area contributed by atoms with Crippen molar-refractivity contribution in [3.63, 3.8) is 0 Å². The van der Waals surface area contributed by atoms with Crippen molar-refractivity contribution in [2.24, 2.45) is 0 Å². The number of unbranched alkanes of at least 4 members (excludes halogenated alkanes) is 1. The second-order valence-corrected chi connectivity index (χ2v) is 6.92. The maximum absolute atomic E-state index is 5.85. The van der Waals surface area contributed by atoms with Crippen LogP contribution in [0.5, 0.6) is 0 Å². The highest BCUT2D eigenvalue weighted by Crippen LogP contribution is 2.21. The molecule has 0 heterocycles. The molecule has 3 heteroatoms. The Balaban J connectivity index is 4.09. The molecule has 0 radical (unpaired) electrons. The van der Waals surface area contributed by atoms with Gasteiger partial charge in [0, 0.05) is 13.2 Å². The van der Waals surface area contributed by atoms with Crippen LogP contribution in [-0.4, -0.2) is 21.8 Å². The van der Waals surface area contributed by atoms with Gasteiger partial charge < -0.3 is 8.85 Å². The zero-order valence-corrected chi connectivity index (χ0v) is 10.8. The Labute approximate surface area is 89.6 Å². The second kappa shape index (κ2) is 8.21. The van der Waals surface area contributed by atoms with E-state index in [4.69, 9.17) is 8.85 Å². The first-order valence-corrected chi connectivity index (χ1v) is 7.86. The van der Waals surface area contributed by atoms with Gasteiger partial charge in [-0.25, -0.2) is 0 Å². The molecule has 0 aliphatic heterocycles. The Morgan fingerprint density at radius 3 is 2.07 bits per heavy atom. The lowest BCUT2D eigenvalue weighted by atomic mass is 10.3. The van der Waals surface area contributed by atoms with Gasteiger partial charge in [-0.1, -0.05) is 13.0 Å². The van der Waals surface area contributed by atoms with E-state index in [0.29, 0.717) is 0 Å². The van der Waals surface area contributed by atoms with Crippen molar-refractivity contribution in [3.8, 4) is 0 Å². The third-order valence-corrected chi connectivity index (χ3v) is 6.14. The largest absolute Gasteiger partial charge is 0.394 e. The molecule has 0 aromatic rings. The molecule has 0 aliphatic carbocycles. The lowest BCUT2D eigenvalue weighted by Crippen LogP contribution is -2.41. The molecule has 84 valence electrons. The van der Waals surface area contributed by atoms with Crippen molar-refractivity contribution in [1.29, 1.82) is 0 Å². The average Bonchev–Trinajstić information content (AvgIpc) is 2.19. The molecule has 0 atom stereocenters. The van der Waals surface area contributed by atoms with Crippen molar-refractivity contribution in [2.45, 2.75) is 45.7 Å². The molecule has 0 saturated heterocycles. The van der Waals surface area contributed by atoms with E-state index in [0.717, 1.165) is 38.1 Å². The zero-order chi connectivity index (χ0) is 10.9. The van der Waals surface area contributed by atoms with E-state index in [-0.39, 0.29) is 0 Å². The molecule has 2 nitrogen and oxygen atoms in total. The van der Waals surface area contributed by atoms with Gasteiger partial charge in [0.2, 0.25) is 0 Å². The summed E-state index contributed by atoms with van der Waals surface area (Å²) in [6.45, 7) is 11.5. The number of rotatable bonds is 9. The molecular formula is C11H24O2Si. The Bertz CT molecular complexity index is 142. The van der Waals surface area contributed by atoms with E-state index in [2.05, 4.69) is 13.5 Å². The third kappa shape index (κ3) is 4.93. The van der Waals surface area contributed by atoms with E-state index < -0.39 is 8.56 Å². The minimum Gasteiger partial charge on any atom is -0.394 e. The summed E-state index contributed by atoms with van der Waals surface area (Å²) in [7, 11) is -1.85. The number of allylic oxidation sites excluding steroid dienone is 1. The molecule has 0 saturated carbocycles. The average molecular weight is 216 g/mol. The van der Waals surface area contributed by atoms with Gasteiger partial charge in [-0.2, -0.15) is 0 Å². The minimum absolute atomic E-state index is 0.772. The summed E-state index contributed by atoms with van der Waals surface area (Å²) >= 11 is 0. The molecule has 0 N–H and O–H groups in total. The standard InChI is InChI=1S/C11H24O2Si/c1-5-9-10-11-14(8-4,12-6-2)13-7-3/h5H,1,6-11H2,2-4H3. The smallest absolute Gasteiger partial charge is 0.337 e. The monoisotopic (exact) mass is 216 g/mol. The van der Waals surface area contributed by atoms with Crippen molar-refractivity contribution in [1.82, 2.24) is 0 Å². The summed E-state index contributed by atoms with van der Waals surface area (Å²) in [5.74, 6) is 0. The van der Waals surface area contributed by atoms with Crippen LogP contribution in [0.4, 0.5) is 0 Å². The lowest BCUT2D eigenvalue weighted by Gasteiger charge is -2.28. The summed E-state index contributed by atoms with van der Waals surface area (Å²) in [5, 5.41) is 0. The minimum atomic E-state index is -1.85. The van der Waals surface area contributed by atoms with Crippen LogP contribution >= 0.6 is 0 Å².